The quantitative estimate of drug-likeness (QED) is 0.781. The number of hydrogen-bond acceptors (Lipinski definition) is 5. The van der Waals surface area contributed by atoms with Gasteiger partial charge in [-0.05, 0) is 18.3 Å². The van der Waals surface area contributed by atoms with E-state index in [9.17, 15) is 18.0 Å². The molecule has 0 aliphatic heterocycles. The number of amides is 1. The van der Waals surface area contributed by atoms with Crippen molar-refractivity contribution in [2.45, 2.75) is 11.9 Å². The highest BCUT2D eigenvalue weighted by molar-refractivity contribution is 8.00. The Morgan fingerprint density at radius 3 is 2.79 bits per heavy atom. The van der Waals surface area contributed by atoms with Crippen molar-refractivity contribution in [3.05, 3.63) is 16.1 Å². The lowest BCUT2D eigenvalue weighted by Crippen LogP contribution is -2.26. The first-order chi connectivity index (χ1) is 8.42. The summed E-state index contributed by atoms with van der Waals surface area (Å²) in [6.45, 7) is 0.392. The number of alkyl halides is 3. The van der Waals surface area contributed by atoms with Crippen LogP contribution >= 0.6 is 35.5 Å². The highest BCUT2D eigenvalue weighted by Crippen LogP contribution is 2.29. The van der Waals surface area contributed by atoms with Crippen LogP contribution in [0.2, 0.25) is 0 Å². The summed E-state index contributed by atoms with van der Waals surface area (Å²) in [6.07, 6.45) is 0.585. The van der Waals surface area contributed by atoms with Gasteiger partial charge in [-0.3, -0.25) is 4.79 Å². The van der Waals surface area contributed by atoms with Crippen molar-refractivity contribution in [2.24, 2.45) is 5.73 Å². The van der Waals surface area contributed by atoms with Crippen LogP contribution < -0.4 is 11.1 Å². The van der Waals surface area contributed by atoms with Crippen molar-refractivity contribution in [2.75, 3.05) is 18.8 Å². The Morgan fingerprint density at radius 2 is 2.21 bits per heavy atom. The monoisotopic (exact) mass is 335 g/mol. The van der Waals surface area contributed by atoms with Crippen LogP contribution in [0.1, 0.15) is 15.5 Å². The van der Waals surface area contributed by atoms with Crippen LogP contribution in [0.5, 0.6) is 0 Å². The van der Waals surface area contributed by atoms with Gasteiger partial charge in [0.1, 0.15) is 5.69 Å². The number of nitrogens with zero attached hydrogens (tertiary/aromatic N) is 1. The molecule has 0 saturated heterocycles. The summed E-state index contributed by atoms with van der Waals surface area (Å²) in [6, 6.07) is 0. The molecule has 10 heteroatoms. The first kappa shape index (κ1) is 18.5. The van der Waals surface area contributed by atoms with Crippen molar-refractivity contribution < 1.29 is 18.0 Å². The minimum Gasteiger partial charge on any atom is -0.350 e. The van der Waals surface area contributed by atoms with Gasteiger partial charge in [-0.25, -0.2) is 4.98 Å². The number of nitrogens with two attached hydrogens (primary N) is 1. The minimum absolute atomic E-state index is 0. The molecule has 4 nitrogen and oxygen atoms in total. The lowest BCUT2D eigenvalue weighted by molar-refractivity contribution is -0.0327. The minimum atomic E-state index is -4.26. The SMILES string of the molecule is Cl.NCCc1nc(C(=O)NCCSC(F)(F)F)cs1. The molecule has 0 radical (unpaired) electrons. The van der Waals surface area contributed by atoms with E-state index in [0.717, 1.165) is 5.01 Å². The zero-order chi connectivity index (χ0) is 13.6. The predicted octanol–water partition coefficient (Wildman–Crippen LogP) is 2.05. The summed E-state index contributed by atoms with van der Waals surface area (Å²) >= 11 is 1.14. The highest BCUT2D eigenvalue weighted by Gasteiger charge is 2.27. The average molecular weight is 336 g/mol. The molecule has 1 aromatic rings. The Balaban J connectivity index is 0.00000324. The van der Waals surface area contributed by atoms with Gasteiger partial charge in [-0.15, -0.1) is 23.7 Å². The number of aromatic nitrogens is 1. The first-order valence-corrected chi connectivity index (χ1v) is 6.92. The van der Waals surface area contributed by atoms with E-state index in [1.807, 2.05) is 0 Å². The number of halogens is 4. The van der Waals surface area contributed by atoms with Crippen LogP contribution in [0.3, 0.4) is 0 Å². The number of carbonyl (C=O) groups excluding carboxylic acids is 1. The standard InChI is InChI=1S/C9H12F3N3OS2.ClH/c10-9(11,12)18-4-3-14-8(16)6-5-17-7(15-6)1-2-13;/h5H,1-4,13H2,(H,14,16);1H. The lowest BCUT2D eigenvalue weighted by Gasteiger charge is -2.05. The molecule has 0 aromatic carbocycles. The van der Waals surface area contributed by atoms with Gasteiger partial charge >= 0.3 is 5.51 Å². The molecule has 1 aromatic heterocycles. The fourth-order valence-electron chi connectivity index (χ4n) is 1.08. The molecule has 0 saturated carbocycles. The molecule has 1 amide bonds. The topological polar surface area (TPSA) is 68.0 Å². The van der Waals surface area contributed by atoms with Gasteiger partial charge in [-0.1, -0.05) is 0 Å². The van der Waals surface area contributed by atoms with E-state index in [1.54, 1.807) is 5.38 Å². The summed E-state index contributed by atoms with van der Waals surface area (Å²) in [5, 5.41) is 4.69. The average Bonchev–Trinajstić information content (AvgIpc) is 2.72. The fourth-order valence-corrected chi connectivity index (χ4v) is 2.31. The lowest BCUT2D eigenvalue weighted by atomic mass is 10.4. The number of carbonyl (C=O) groups is 1. The van der Waals surface area contributed by atoms with Gasteiger partial charge in [0.05, 0.1) is 5.01 Å². The second-order valence-corrected chi connectivity index (χ2v) is 5.32. The summed E-state index contributed by atoms with van der Waals surface area (Å²) in [4.78, 5) is 15.5. The van der Waals surface area contributed by atoms with E-state index in [-0.39, 0.29) is 42.2 Å². The van der Waals surface area contributed by atoms with Crippen molar-refractivity contribution in [3.63, 3.8) is 0 Å². The molecule has 1 heterocycles. The van der Waals surface area contributed by atoms with Crippen LogP contribution in [0, 0.1) is 0 Å². The maximum absolute atomic E-state index is 11.8. The smallest absolute Gasteiger partial charge is 0.350 e. The van der Waals surface area contributed by atoms with Crippen molar-refractivity contribution in [3.8, 4) is 0 Å². The van der Waals surface area contributed by atoms with E-state index >= 15 is 0 Å². The predicted molar refractivity (Wildman–Crippen MR) is 73.0 cm³/mol. The Morgan fingerprint density at radius 1 is 1.53 bits per heavy atom. The summed E-state index contributed by atoms with van der Waals surface area (Å²) in [5.41, 5.74) is 1.30. The van der Waals surface area contributed by atoms with Gasteiger partial charge in [0.25, 0.3) is 5.91 Å². The van der Waals surface area contributed by atoms with Gasteiger partial charge < -0.3 is 11.1 Å². The molecule has 0 atom stereocenters. The van der Waals surface area contributed by atoms with E-state index in [2.05, 4.69) is 10.3 Å². The van der Waals surface area contributed by atoms with Gasteiger partial charge in [0, 0.05) is 24.1 Å². The van der Waals surface area contributed by atoms with Crippen molar-refractivity contribution in [1.82, 2.24) is 10.3 Å². The molecule has 3 N–H and O–H groups in total. The Kier molecular flexibility index (Phi) is 8.39. The van der Waals surface area contributed by atoms with Crippen molar-refractivity contribution in [1.29, 1.82) is 0 Å². The zero-order valence-corrected chi connectivity index (χ0v) is 12.1. The zero-order valence-electron chi connectivity index (χ0n) is 9.70. The van der Waals surface area contributed by atoms with Gasteiger partial charge in [-0.2, -0.15) is 13.2 Å². The Bertz CT molecular complexity index is 400. The molecule has 0 fully saturated rings. The van der Waals surface area contributed by atoms with Crippen molar-refractivity contribution >= 4 is 41.4 Å². The van der Waals surface area contributed by atoms with Crippen LogP contribution in [0.15, 0.2) is 5.38 Å². The molecule has 0 aliphatic rings. The number of thiazole rings is 1. The fraction of sp³-hybridized carbons (Fsp3) is 0.556. The number of rotatable bonds is 6. The maximum Gasteiger partial charge on any atom is 0.441 e. The number of nitrogens with one attached hydrogen (secondary N) is 1. The molecule has 1 rings (SSSR count). The van der Waals surface area contributed by atoms with Crippen LogP contribution in [-0.4, -0.2) is 35.2 Å². The Hall–Kier alpha value is -0.510. The normalized spacial score (nSPS) is 10.9. The second-order valence-electron chi connectivity index (χ2n) is 3.22. The van der Waals surface area contributed by atoms with Gasteiger partial charge in [0.2, 0.25) is 0 Å². The van der Waals surface area contributed by atoms with Gasteiger partial charge in [0.15, 0.2) is 0 Å². The number of thioether (sulfide) groups is 1. The molecule has 0 aliphatic carbocycles. The molecule has 0 spiro atoms. The third-order valence-electron chi connectivity index (χ3n) is 1.80. The third kappa shape index (κ3) is 7.61. The van der Waals surface area contributed by atoms with Crippen LogP contribution in [0.4, 0.5) is 13.2 Å². The van der Waals surface area contributed by atoms with E-state index in [4.69, 9.17) is 5.73 Å². The number of hydrogen-bond donors (Lipinski definition) is 2. The molecule has 19 heavy (non-hydrogen) atoms. The molecule has 0 bridgehead atoms. The molecule has 110 valence electrons. The second kappa shape index (κ2) is 8.62. The summed E-state index contributed by atoms with van der Waals surface area (Å²) in [7, 11) is 0. The van der Waals surface area contributed by atoms with E-state index in [1.165, 1.54) is 11.3 Å². The molecule has 0 unspecified atom stereocenters. The first-order valence-electron chi connectivity index (χ1n) is 5.05. The highest BCUT2D eigenvalue weighted by atomic mass is 35.5. The summed E-state index contributed by atoms with van der Waals surface area (Å²) in [5.74, 6) is -0.674. The Labute approximate surface area is 122 Å². The molecular formula is C9H13ClF3N3OS2. The van der Waals surface area contributed by atoms with E-state index in [0.29, 0.717) is 13.0 Å². The summed E-state index contributed by atoms with van der Waals surface area (Å²) < 4.78 is 35.5. The third-order valence-corrected chi connectivity index (χ3v) is 3.44. The molecular weight excluding hydrogens is 323 g/mol. The van der Waals surface area contributed by atoms with E-state index < -0.39 is 11.4 Å². The van der Waals surface area contributed by atoms with Crippen LogP contribution in [0.25, 0.3) is 0 Å². The largest absolute Gasteiger partial charge is 0.441 e. The maximum atomic E-state index is 11.8. The van der Waals surface area contributed by atoms with Crippen LogP contribution in [-0.2, 0) is 6.42 Å².